The lowest BCUT2D eigenvalue weighted by Gasteiger charge is -2.23. The number of rotatable bonds is 3. The summed E-state index contributed by atoms with van der Waals surface area (Å²) >= 11 is -0.175. The van der Waals surface area contributed by atoms with Gasteiger partial charge in [-0.25, -0.2) is 0 Å². The summed E-state index contributed by atoms with van der Waals surface area (Å²) in [5.41, 5.74) is -3.08. The second kappa shape index (κ2) is 7.29. The maximum absolute atomic E-state index is 12.5. The van der Waals surface area contributed by atoms with Gasteiger partial charge in [-0.2, -0.15) is 13.2 Å². The molecular formula is C19H16F3N3S. The number of thioether (sulfide) groups is 1. The second-order valence-corrected chi connectivity index (χ2v) is 6.74. The van der Waals surface area contributed by atoms with Crippen LogP contribution in [-0.4, -0.2) is 18.5 Å². The number of fused-ring (bicyclic) bond motifs is 1. The average molecular weight is 375 g/mol. The van der Waals surface area contributed by atoms with Crippen LogP contribution < -0.4 is 10.2 Å². The van der Waals surface area contributed by atoms with Crippen LogP contribution in [0.4, 0.5) is 24.5 Å². The zero-order valence-corrected chi connectivity index (χ0v) is 14.7. The molecule has 0 aliphatic carbocycles. The highest BCUT2D eigenvalue weighted by atomic mass is 32.2. The van der Waals surface area contributed by atoms with Gasteiger partial charge in [-0.15, -0.1) is 0 Å². The summed E-state index contributed by atoms with van der Waals surface area (Å²) in [6.07, 6.45) is 0. The van der Waals surface area contributed by atoms with Gasteiger partial charge in [0.25, 0.3) is 0 Å². The lowest BCUT2D eigenvalue weighted by atomic mass is 10.1. The molecule has 0 saturated carbocycles. The highest BCUT2D eigenvalue weighted by molar-refractivity contribution is 8.00. The monoisotopic (exact) mass is 375 g/mol. The molecule has 0 spiro atoms. The third kappa shape index (κ3) is 4.29. The molecule has 0 aliphatic heterocycles. The first kappa shape index (κ1) is 18.1. The number of alkyl halides is 3. The van der Waals surface area contributed by atoms with Gasteiger partial charge in [-0.3, -0.25) is 5.41 Å². The molecule has 26 heavy (non-hydrogen) atoms. The largest absolute Gasteiger partial charge is 0.446 e. The lowest BCUT2D eigenvalue weighted by Crippen LogP contribution is -2.32. The molecule has 0 bridgehead atoms. The third-order valence-corrected chi connectivity index (χ3v) is 4.51. The van der Waals surface area contributed by atoms with E-state index in [0.29, 0.717) is 5.69 Å². The Morgan fingerprint density at radius 3 is 2.46 bits per heavy atom. The van der Waals surface area contributed by atoms with Gasteiger partial charge < -0.3 is 10.2 Å². The average Bonchev–Trinajstić information content (AvgIpc) is 2.59. The first-order valence-corrected chi connectivity index (χ1v) is 8.58. The van der Waals surface area contributed by atoms with Crippen LogP contribution in [0.1, 0.15) is 0 Å². The molecule has 3 aromatic carbocycles. The maximum Gasteiger partial charge on any atom is 0.446 e. The number of nitrogens with one attached hydrogen (secondary N) is 2. The maximum atomic E-state index is 12.5. The fraction of sp³-hybridized carbons (Fsp3) is 0.105. The van der Waals surface area contributed by atoms with Crippen LogP contribution in [0.3, 0.4) is 0 Å². The fourth-order valence-corrected chi connectivity index (χ4v) is 3.21. The van der Waals surface area contributed by atoms with Crippen LogP contribution in [0.15, 0.2) is 71.6 Å². The predicted molar refractivity (Wildman–Crippen MR) is 102 cm³/mol. The standard InChI is InChI=1S/C19H16F3N3S/c1-25(17-11-4-7-13-6-2-3-10-16(13)17)18(23)24-14-8-5-9-15(12-14)26-19(20,21)22/h2-12H,1H3,(H2,23,24). The molecule has 3 nitrogen and oxygen atoms in total. The summed E-state index contributed by atoms with van der Waals surface area (Å²) in [7, 11) is 1.74. The Labute approximate surface area is 153 Å². The molecule has 7 heteroatoms. The van der Waals surface area contributed by atoms with Crippen molar-refractivity contribution in [2.75, 3.05) is 17.3 Å². The van der Waals surface area contributed by atoms with Gasteiger partial charge in [0, 0.05) is 23.0 Å². The number of benzene rings is 3. The van der Waals surface area contributed by atoms with Crippen molar-refractivity contribution in [1.29, 1.82) is 5.41 Å². The summed E-state index contributed by atoms with van der Waals surface area (Å²) in [4.78, 5) is 1.73. The quantitative estimate of drug-likeness (QED) is 0.338. The van der Waals surface area contributed by atoms with Crippen molar-refractivity contribution in [3.8, 4) is 0 Å². The molecule has 0 aliphatic rings. The van der Waals surface area contributed by atoms with E-state index in [2.05, 4.69) is 5.32 Å². The molecule has 3 rings (SSSR count). The topological polar surface area (TPSA) is 39.1 Å². The van der Waals surface area contributed by atoms with Gasteiger partial charge in [0.2, 0.25) is 0 Å². The molecule has 0 saturated heterocycles. The summed E-state index contributed by atoms with van der Waals surface area (Å²) in [5.74, 6) is 0.0653. The molecule has 3 aromatic rings. The van der Waals surface area contributed by atoms with Gasteiger partial charge >= 0.3 is 5.51 Å². The Hall–Kier alpha value is -2.67. The fourth-order valence-electron chi connectivity index (χ4n) is 2.61. The number of anilines is 2. The number of guanidine groups is 1. The van der Waals surface area contributed by atoms with Crippen LogP contribution in [0.2, 0.25) is 0 Å². The summed E-state index contributed by atoms with van der Waals surface area (Å²) < 4.78 is 37.6. The van der Waals surface area contributed by atoms with Crippen LogP contribution in [0.5, 0.6) is 0 Å². The van der Waals surface area contributed by atoms with Gasteiger partial charge in [0.1, 0.15) is 0 Å². The first-order chi connectivity index (χ1) is 12.3. The minimum atomic E-state index is -4.34. The highest BCUT2D eigenvalue weighted by Crippen LogP contribution is 2.37. The van der Waals surface area contributed by atoms with E-state index in [-0.39, 0.29) is 22.6 Å². The molecule has 134 valence electrons. The van der Waals surface area contributed by atoms with E-state index in [1.807, 2.05) is 42.5 Å². The third-order valence-electron chi connectivity index (χ3n) is 3.79. The zero-order chi connectivity index (χ0) is 18.7. The van der Waals surface area contributed by atoms with E-state index >= 15 is 0 Å². The molecule has 0 unspecified atom stereocenters. The Morgan fingerprint density at radius 2 is 1.69 bits per heavy atom. The number of hydrogen-bond acceptors (Lipinski definition) is 2. The molecule has 0 radical (unpaired) electrons. The minimum absolute atomic E-state index is 0.0653. The number of nitrogens with zero attached hydrogens (tertiary/aromatic N) is 1. The SMILES string of the molecule is CN(C(=N)Nc1cccc(SC(F)(F)F)c1)c1cccc2ccccc12. The van der Waals surface area contributed by atoms with Crippen molar-refractivity contribution in [2.24, 2.45) is 0 Å². The van der Waals surface area contributed by atoms with E-state index in [1.54, 1.807) is 18.0 Å². The smallest absolute Gasteiger partial charge is 0.326 e. The highest BCUT2D eigenvalue weighted by Gasteiger charge is 2.29. The van der Waals surface area contributed by atoms with Crippen LogP contribution >= 0.6 is 11.8 Å². The van der Waals surface area contributed by atoms with E-state index in [4.69, 9.17) is 5.41 Å². The van der Waals surface area contributed by atoms with Gasteiger partial charge in [0.05, 0.1) is 5.69 Å². The number of halogens is 3. The molecule has 0 atom stereocenters. The van der Waals surface area contributed by atoms with E-state index < -0.39 is 5.51 Å². The van der Waals surface area contributed by atoms with Crippen molar-refractivity contribution in [1.82, 2.24) is 0 Å². The van der Waals surface area contributed by atoms with E-state index in [9.17, 15) is 13.2 Å². The first-order valence-electron chi connectivity index (χ1n) is 7.76. The molecule has 2 N–H and O–H groups in total. The van der Waals surface area contributed by atoms with Gasteiger partial charge in [-0.05, 0) is 41.4 Å². The molecule has 0 aromatic heterocycles. The predicted octanol–water partition coefficient (Wildman–Crippen LogP) is 5.93. The lowest BCUT2D eigenvalue weighted by molar-refractivity contribution is -0.0328. The van der Waals surface area contributed by atoms with E-state index in [1.165, 1.54) is 18.2 Å². The van der Waals surface area contributed by atoms with Crippen molar-refractivity contribution in [2.45, 2.75) is 10.4 Å². The number of hydrogen-bond donors (Lipinski definition) is 2. The summed E-state index contributed by atoms with van der Waals surface area (Å²) in [5, 5.41) is 13.2. The van der Waals surface area contributed by atoms with E-state index in [0.717, 1.165) is 16.5 Å². The van der Waals surface area contributed by atoms with Gasteiger partial charge in [0.15, 0.2) is 5.96 Å². The Bertz CT molecular complexity index is 935. The molecule has 0 heterocycles. The van der Waals surface area contributed by atoms with Gasteiger partial charge in [-0.1, -0.05) is 42.5 Å². The molecule has 0 fully saturated rings. The van der Waals surface area contributed by atoms with Crippen LogP contribution in [0, 0.1) is 5.41 Å². The van der Waals surface area contributed by atoms with Crippen molar-refractivity contribution in [3.05, 3.63) is 66.7 Å². The zero-order valence-electron chi connectivity index (χ0n) is 13.8. The Kier molecular flexibility index (Phi) is 5.08. The molecular weight excluding hydrogens is 359 g/mol. The molecule has 0 amide bonds. The Balaban J connectivity index is 1.80. The second-order valence-electron chi connectivity index (χ2n) is 5.61. The summed E-state index contributed by atoms with van der Waals surface area (Å²) in [6, 6.07) is 19.5. The van der Waals surface area contributed by atoms with Crippen LogP contribution in [-0.2, 0) is 0 Å². The van der Waals surface area contributed by atoms with Crippen molar-refractivity contribution >= 4 is 39.9 Å². The minimum Gasteiger partial charge on any atom is -0.326 e. The van der Waals surface area contributed by atoms with Crippen molar-refractivity contribution < 1.29 is 13.2 Å². The van der Waals surface area contributed by atoms with Crippen molar-refractivity contribution in [3.63, 3.8) is 0 Å². The Morgan fingerprint density at radius 1 is 1.00 bits per heavy atom. The normalized spacial score (nSPS) is 11.4. The van der Waals surface area contributed by atoms with Crippen LogP contribution in [0.25, 0.3) is 10.8 Å². The summed E-state index contributed by atoms with van der Waals surface area (Å²) in [6.45, 7) is 0.